The summed E-state index contributed by atoms with van der Waals surface area (Å²) in [6.45, 7) is 3.76. The van der Waals surface area contributed by atoms with Crippen LogP contribution >= 0.6 is 0 Å². The van der Waals surface area contributed by atoms with Crippen LogP contribution in [0, 0.1) is 11.3 Å². The van der Waals surface area contributed by atoms with Crippen LogP contribution in [0.15, 0.2) is 79.5 Å². The van der Waals surface area contributed by atoms with Gasteiger partial charge >= 0.3 is 0 Å². The summed E-state index contributed by atoms with van der Waals surface area (Å²) in [6, 6.07) is 22.1. The SMILES string of the molecule is C=CCc1ccc(-c2ccc(-c3ccc(C#N)cc3)nc2)cc1. The van der Waals surface area contributed by atoms with E-state index in [1.807, 2.05) is 42.6 Å². The molecule has 0 bridgehead atoms. The fourth-order valence-corrected chi connectivity index (χ4v) is 2.45. The van der Waals surface area contributed by atoms with Crippen molar-refractivity contribution in [1.29, 1.82) is 5.26 Å². The quantitative estimate of drug-likeness (QED) is 0.634. The molecule has 23 heavy (non-hydrogen) atoms. The van der Waals surface area contributed by atoms with Gasteiger partial charge < -0.3 is 0 Å². The van der Waals surface area contributed by atoms with Crippen molar-refractivity contribution in [1.82, 2.24) is 4.98 Å². The van der Waals surface area contributed by atoms with Crippen molar-refractivity contribution >= 4 is 0 Å². The molecule has 2 aromatic carbocycles. The third-order valence-electron chi connectivity index (χ3n) is 3.74. The number of nitrogens with zero attached hydrogens (tertiary/aromatic N) is 2. The molecule has 0 aliphatic heterocycles. The van der Waals surface area contributed by atoms with Crippen LogP contribution in [0.1, 0.15) is 11.1 Å². The second-order valence-corrected chi connectivity index (χ2v) is 5.31. The molecule has 1 aromatic heterocycles. The molecule has 0 N–H and O–H groups in total. The Balaban J connectivity index is 1.83. The van der Waals surface area contributed by atoms with Gasteiger partial charge in [0.1, 0.15) is 0 Å². The van der Waals surface area contributed by atoms with Gasteiger partial charge in [0.25, 0.3) is 0 Å². The van der Waals surface area contributed by atoms with Crippen LogP contribution in [-0.2, 0) is 6.42 Å². The Labute approximate surface area is 136 Å². The maximum absolute atomic E-state index is 8.84. The van der Waals surface area contributed by atoms with Crippen LogP contribution in [0.4, 0.5) is 0 Å². The van der Waals surface area contributed by atoms with Crippen LogP contribution in [0.25, 0.3) is 22.4 Å². The van der Waals surface area contributed by atoms with Gasteiger partial charge in [0.2, 0.25) is 0 Å². The summed E-state index contributed by atoms with van der Waals surface area (Å²) in [7, 11) is 0. The van der Waals surface area contributed by atoms with Crippen molar-refractivity contribution in [2.45, 2.75) is 6.42 Å². The Kier molecular flexibility index (Phi) is 4.31. The first-order valence-electron chi connectivity index (χ1n) is 7.47. The minimum atomic E-state index is 0.657. The highest BCUT2D eigenvalue weighted by Crippen LogP contribution is 2.23. The predicted octanol–water partition coefficient (Wildman–Crippen LogP) is 5.02. The van der Waals surface area contributed by atoms with Crippen molar-refractivity contribution in [3.8, 4) is 28.5 Å². The molecule has 0 radical (unpaired) electrons. The van der Waals surface area contributed by atoms with Gasteiger partial charge in [0.05, 0.1) is 17.3 Å². The molecule has 0 aliphatic rings. The fourth-order valence-electron chi connectivity index (χ4n) is 2.45. The number of pyridine rings is 1. The number of nitriles is 1. The third-order valence-corrected chi connectivity index (χ3v) is 3.74. The van der Waals surface area contributed by atoms with E-state index < -0.39 is 0 Å². The van der Waals surface area contributed by atoms with Crippen molar-refractivity contribution in [3.05, 3.63) is 90.6 Å². The maximum Gasteiger partial charge on any atom is 0.0991 e. The maximum atomic E-state index is 8.84. The Hall–Kier alpha value is -3.18. The van der Waals surface area contributed by atoms with E-state index in [2.05, 4.69) is 48.0 Å². The summed E-state index contributed by atoms with van der Waals surface area (Å²) in [4.78, 5) is 4.54. The topological polar surface area (TPSA) is 36.7 Å². The van der Waals surface area contributed by atoms with Crippen molar-refractivity contribution in [2.24, 2.45) is 0 Å². The molecule has 3 rings (SSSR count). The molecule has 2 nitrogen and oxygen atoms in total. The van der Waals surface area contributed by atoms with E-state index in [0.29, 0.717) is 5.56 Å². The largest absolute Gasteiger partial charge is 0.256 e. The van der Waals surface area contributed by atoms with Crippen LogP contribution in [0.3, 0.4) is 0 Å². The molecule has 0 saturated heterocycles. The second kappa shape index (κ2) is 6.72. The van der Waals surface area contributed by atoms with Gasteiger partial charge in [-0.1, -0.05) is 48.5 Å². The van der Waals surface area contributed by atoms with Gasteiger partial charge in [-0.3, -0.25) is 4.98 Å². The first-order valence-corrected chi connectivity index (χ1v) is 7.47. The Morgan fingerprint density at radius 2 is 1.52 bits per heavy atom. The molecule has 0 aliphatic carbocycles. The first-order chi connectivity index (χ1) is 11.3. The standard InChI is InChI=1S/C21H16N2/c1-2-3-16-4-8-18(9-5-16)20-12-13-21(23-15-20)19-10-6-17(14-22)7-11-19/h2,4-13,15H,1,3H2. The average Bonchev–Trinajstić information content (AvgIpc) is 2.63. The molecule has 0 saturated carbocycles. The fraction of sp³-hybridized carbons (Fsp3) is 0.0476. The lowest BCUT2D eigenvalue weighted by molar-refractivity contribution is 1.27. The molecule has 1 heterocycles. The van der Waals surface area contributed by atoms with E-state index in [1.165, 1.54) is 5.56 Å². The van der Waals surface area contributed by atoms with Crippen molar-refractivity contribution < 1.29 is 0 Å². The van der Waals surface area contributed by atoms with Crippen LogP contribution in [0.5, 0.6) is 0 Å². The van der Waals surface area contributed by atoms with Crippen molar-refractivity contribution in [3.63, 3.8) is 0 Å². The van der Waals surface area contributed by atoms with E-state index in [0.717, 1.165) is 28.8 Å². The molecule has 0 unspecified atom stereocenters. The summed E-state index contributed by atoms with van der Waals surface area (Å²) in [5.41, 5.74) is 6.07. The number of rotatable bonds is 4. The number of hydrogen-bond donors (Lipinski definition) is 0. The molecule has 3 aromatic rings. The molecule has 0 atom stereocenters. The number of benzene rings is 2. The molecule has 2 heteroatoms. The van der Waals surface area contributed by atoms with E-state index in [-0.39, 0.29) is 0 Å². The Morgan fingerprint density at radius 1 is 0.870 bits per heavy atom. The molecule has 0 spiro atoms. The molecule has 110 valence electrons. The lowest BCUT2D eigenvalue weighted by Gasteiger charge is -2.05. The highest BCUT2D eigenvalue weighted by atomic mass is 14.7. The minimum Gasteiger partial charge on any atom is -0.256 e. The van der Waals surface area contributed by atoms with Gasteiger partial charge in [0.15, 0.2) is 0 Å². The summed E-state index contributed by atoms with van der Waals surface area (Å²) in [5.74, 6) is 0. The van der Waals surface area contributed by atoms with Gasteiger partial charge in [0, 0.05) is 17.3 Å². The zero-order valence-corrected chi connectivity index (χ0v) is 12.7. The zero-order chi connectivity index (χ0) is 16.1. The molecule has 0 amide bonds. The van der Waals surface area contributed by atoms with Crippen LogP contribution in [0.2, 0.25) is 0 Å². The van der Waals surface area contributed by atoms with Crippen molar-refractivity contribution in [2.75, 3.05) is 0 Å². The summed E-state index contributed by atoms with van der Waals surface area (Å²) >= 11 is 0. The smallest absolute Gasteiger partial charge is 0.0991 e. The molecular formula is C21H16N2. The molecular weight excluding hydrogens is 280 g/mol. The van der Waals surface area contributed by atoms with E-state index >= 15 is 0 Å². The highest BCUT2D eigenvalue weighted by Gasteiger charge is 2.02. The average molecular weight is 296 g/mol. The predicted molar refractivity (Wildman–Crippen MR) is 93.7 cm³/mol. The Morgan fingerprint density at radius 3 is 2.09 bits per heavy atom. The highest BCUT2D eigenvalue weighted by molar-refractivity contribution is 5.67. The summed E-state index contributed by atoms with van der Waals surface area (Å²) in [6.07, 6.45) is 4.68. The van der Waals surface area contributed by atoms with Gasteiger partial charge in [-0.2, -0.15) is 5.26 Å². The van der Waals surface area contributed by atoms with E-state index in [9.17, 15) is 0 Å². The Bertz CT molecular complexity index is 836. The van der Waals surface area contributed by atoms with Crippen LogP contribution < -0.4 is 0 Å². The lowest BCUT2D eigenvalue weighted by atomic mass is 10.0. The van der Waals surface area contributed by atoms with E-state index in [1.54, 1.807) is 0 Å². The first kappa shape index (κ1) is 14.7. The molecule has 0 fully saturated rings. The number of allylic oxidation sites excluding steroid dienone is 1. The zero-order valence-electron chi connectivity index (χ0n) is 12.7. The number of hydrogen-bond acceptors (Lipinski definition) is 2. The van der Waals surface area contributed by atoms with E-state index in [4.69, 9.17) is 5.26 Å². The van der Waals surface area contributed by atoms with Crippen LogP contribution in [-0.4, -0.2) is 4.98 Å². The third kappa shape index (κ3) is 3.36. The van der Waals surface area contributed by atoms with Gasteiger partial charge in [-0.15, -0.1) is 6.58 Å². The van der Waals surface area contributed by atoms with Gasteiger partial charge in [-0.25, -0.2) is 0 Å². The summed E-state index contributed by atoms with van der Waals surface area (Å²) < 4.78 is 0. The number of aromatic nitrogens is 1. The van der Waals surface area contributed by atoms with Gasteiger partial charge in [-0.05, 0) is 35.7 Å². The lowest BCUT2D eigenvalue weighted by Crippen LogP contribution is -1.86. The second-order valence-electron chi connectivity index (χ2n) is 5.31. The minimum absolute atomic E-state index is 0.657. The summed E-state index contributed by atoms with van der Waals surface area (Å²) in [5, 5.41) is 8.84. The monoisotopic (exact) mass is 296 g/mol. The normalized spacial score (nSPS) is 10.0.